The number of carbonyl (C=O) groups is 2. The van der Waals surface area contributed by atoms with Crippen LogP contribution in [0.15, 0.2) is 0 Å². The molecule has 1 aliphatic rings. The Balaban J connectivity index is 2.93. The number of methoxy groups -OCH3 is 1. The number of hydrogen-bond acceptors (Lipinski definition) is 3. The molecule has 0 aliphatic heterocycles. The number of ether oxygens (including phenoxy) is 1. The van der Waals surface area contributed by atoms with Crippen LogP contribution < -0.4 is 0 Å². The average molecular weight is 311 g/mol. The largest absolute Gasteiger partial charge is 0.469 e. The molecule has 128 valence electrons. The van der Waals surface area contributed by atoms with E-state index in [1.54, 1.807) is 0 Å². The number of carbonyl (C=O) groups excluding carboxylic acids is 2. The molecule has 0 heterocycles. The Kier molecular flexibility index (Phi) is 7.91. The van der Waals surface area contributed by atoms with Crippen molar-refractivity contribution in [1.82, 2.24) is 4.90 Å². The molecule has 4 heteroatoms. The van der Waals surface area contributed by atoms with Gasteiger partial charge in [-0.3, -0.25) is 9.59 Å². The van der Waals surface area contributed by atoms with Gasteiger partial charge in [-0.2, -0.15) is 0 Å². The minimum atomic E-state index is -0.266. The van der Waals surface area contributed by atoms with Gasteiger partial charge in [0.05, 0.1) is 13.0 Å². The summed E-state index contributed by atoms with van der Waals surface area (Å²) in [5.74, 6) is 0.304. The molecule has 1 amide bonds. The zero-order chi connectivity index (χ0) is 16.7. The lowest BCUT2D eigenvalue weighted by atomic mass is 9.83. The van der Waals surface area contributed by atoms with Crippen molar-refractivity contribution in [1.29, 1.82) is 0 Å². The first kappa shape index (κ1) is 19.0. The van der Waals surface area contributed by atoms with Crippen molar-refractivity contribution in [2.45, 2.75) is 72.3 Å². The highest BCUT2D eigenvalue weighted by molar-refractivity contribution is 5.80. The third kappa shape index (κ3) is 4.72. The van der Waals surface area contributed by atoms with Crippen molar-refractivity contribution in [2.24, 2.45) is 17.8 Å². The van der Waals surface area contributed by atoms with Crippen molar-refractivity contribution in [3.63, 3.8) is 0 Å². The van der Waals surface area contributed by atoms with Crippen LogP contribution in [0, 0.1) is 17.8 Å². The molecule has 1 aliphatic carbocycles. The molecule has 0 saturated heterocycles. The summed E-state index contributed by atoms with van der Waals surface area (Å²) in [4.78, 5) is 26.8. The second kappa shape index (κ2) is 9.16. The minimum Gasteiger partial charge on any atom is -0.469 e. The second-order valence-electron chi connectivity index (χ2n) is 6.76. The van der Waals surface area contributed by atoms with E-state index in [1.165, 1.54) is 26.4 Å². The fourth-order valence-corrected chi connectivity index (χ4v) is 3.59. The van der Waals surface area contributed by atoms with E-state index < -0.39 is 0 Å². The molecule has 22 heavy (non-hydrogen) atoms. The van der Waals surface area contributed by atoms with Crippen LogP contribution in [-0.4, -0.2) is 36.5 Å². The van der Waals surface area contributed by atoms with Gasteiger partial charge in [0.2, 0.25) is 5.91 Å². The standard InChI is InChI=1S/C18H33NO3/c1-6-15(7-2)17(20)19(12-14(4)18(21)22-5)16-11-9-8-10-13(16)3/h13-16H,6-12H2,1-5H3. The van der Waals surface area contributed by atoms with Gasteiger partial charge in [-0.05, 0) is 31.6 Å². The number of amides is 1. The zero-order valence-corrected chi connectivity index (χ0v) is 14.9. The molecular formula is C18H33NO3. The van der Waals surface area contributed by atoms with Gasteiger partial charge in [0.1, 0.15) is 0 Å². The Hall–Kier alpha value is -1.06. The Labute approximate surface area is 135 Å². The number of rotatable bonds is 7. The quantitative estimate of drug-likeness (QED) is 0.674. The van der Waals surface area contributed by atoms with E-state index in [-0.39, 0.29) is 29.8 Å². The molecule has 4 nitrogen and oxygen atoms in total. The molecule has 0 N–H and O–H groups in total. The van der Waals surface area contributed by atoms with Gasteiger partial charge in [0, 0.05) is 18.5 Å². The van der Waals surface area contributed by atoms with Gasteiger partial charge in [-0.15, -0.1) is 0 Å². The topological polar surface area (TPSA) is 46.6 Å². The molecule has 0 aromatic carbocycles. The van der Waals surface area contributed by atoms with Crippen molar-refractivity contribution in [3.05, 3.63) is 0 Å². The Morgan fingerprint density at radius 3 is 2.27 bits per heavy atom. The maximum Gasteiger partial charge on any atom is 0.310 e. The summed E-state index contributed by atoms with van der Waals surface area (Å²) in [5.41, 5.74) is 0. The van der Waals surface area contributed by atoms with Gasteiger partial charge in [-0.25, -0.2) is 0 Å². The summed E-state index contributed by atoms with van der Waals surface area (Å²) in [6.07, 6.45) is 6.37. The normalized spacial score (nSPS) is 23.2. The van der Waals surface area contributed by atoms with Gasteiger partial charge >= 0.3 is 5.97 Å². The molecule has 0 aromatic heterocycles. The molecule has 1 saturated carbocycles. The van der Waals surface area contributed by atoms with E-state index in [0.717, 1.165) is 19.3 Å². The van der Waals surface area contributed by atoms with Gasteiger partial charge in [0.15, 0.2) is 0 Å². The molecule has 3 atom stereocenters. The van der Waals surface area contributed by atoms with E-state index in [4.69, 9.17) is 4.74 Å². The SMILES string of the molecule is CCC(CC)C(=O)N(CC(C)C(=O)OC)C1CCCCC1C. The molecule has 0 bridgehead atoms. The van der Waals surface area contributed by atoms with Crippen LogP contribution in [0.25, 0.3) is 0 Å². The van der Waals surface area contributed by atoms with Crippen LogP contribution in [0.2, 0.25) is 0 Å². The summed E-state index contributed by atoms with van der Waals surface area (Å²) < 4.78 is 4.84. The third-order valence-electron chi connectivity index (χ3n) is 5.16. The lowest BCUT2D eigenvalue weighted by Gasteiger charge is -2.41. The Morgan fingerprint density at radius 1 is 1.18 bits per heavy atom. The van der Waals surface area contributed by atoms with Gasteiger partial charge in [-0.1, -0.05) is 40.5 Å². The summed E-state index contributed by atoms with van der Waals surface area (Å²) in [7, 11) is 1.41. The monoisotopic (exact) mass is 311 g/mol. The molecule has 0 aromatic rings. The fourth-order valence-electron chi connectivity index (χ4n) is 3.59. The maximum absolute atomic E-state index is 13.0. The molecule has 3 unspecified atom stereocenters. The number of nitrogens with zero attached hydrogens (tertiary/aromatic N) is 1. The highest BCUT2D eigenvalue weighted by Gasteiger charge is 2.34. The first-order valence-electron chi connectivity index (χ1n) is 8.84. The summed E-state index contributed by atoms with van der Waals surface area (Å²) in [6.45, 7) is 8.71. The van der Waals surface area contributed by atoms with Crippen LogP contribution in [0.4, 0.5) is 0 Å². The van der Waals surface area contributed by atoms with E-state index in [1.807, 2.05) is 11.8 Å². The Bertz CT molecular complexity index is 365. The second-order valence-corrected chi connectivity index (χ2v) is 6.76. The minimum absolute atomic E-state index is 0.0685. The molecule has 1 rings (SSSR count). The fraction of sp³-hybridized carbons (Fsp3) is 0.889. The highest BCUT2D eigenvalue weighted by atomic mass is 16.5. The number of esters is 1. The van der Waals surface area contributed by atoms with Gasteiger partial charge in [0.25, 0.3) is 0 Å². The Morgan fingerprint density at radius 2 is 1.77 bits per heavy atom. The van der Waals surface area contributed by atoms with Crippen molar-refractivity contribution in [3.8, 4) is 0 Å². The van der Waals surface area contributed by atoms with Crippen molar-refractivity contribution < 1.29 is 14.3 Å². The molecule has 1 fully saturated rings. The smallest absolute Gasteiger partial charge is 0.310 e. The van der Waals surface area contributed by atoms with Gasteiger partial charge < -0.3 is 9.64 Å². The molecule has 0 radical (unpaired) electrons. The summed E-state index contributed by atoms with van der Waals surface area (Å²) >= 11 is 0. The van der Waals surface area contributed by atoms with E-state index >= 15 is 0 Å². The maximum atomic E-state index is 13.0. The van der Waals surface area contributed by atoms with Crippen LogP contribution >= 0.6 is 0 Å². The first-order chi connectivity index (χ1) is 10.5. The van der Waals surface area contributed by atoms with E-state index in [9.17, 15) is 9.59 Å². The highest BCUT2D eigenvalue weighted by Crippen LogP contribution is 2.30. The molecule has 0 spiro atoms. The van der Waals surface area contributed by atoms with Crippen LogP contribution in [0.3, 0.4) is 0 Å². The predicted molar refractivity (Wildman–Crippen MR) is 88.4 cm³/mol. The predicted octanol–water partition coefficient (Wildman–Crippen LogP) is 3.64. The van der Waals surface area contributed by atoms with E-state index in [0.29, 0.717) is 12.5 Å². The third-order valence-corrected chi connectivity index (χ3v) is 5.16. The molecular weight excluding hydrogens is 278 g/mol. The number of hydrogen-bond donors (Lipinski definition) is 0. The lowest BCUT2D eigenvalue weighted by molar-refractivity contribution is -0.149. The first-order valence-corrected chi connectivity index (χ1v) is 8.84. The lowest BCUT2D eigenvalue weighted by Crippen LogP contribution is -2.50. The zero-order valence-electron chi connectivity index (χ0n) is 14.9. The van der Waals surface area contributed by atoms with Crippen LogP contribution in [0.1, 0.15) is 66.2 Å². The van der Waals surface area contributed by atoms with Crippen molar-refractivity contribution in [2.75, 3.05) is 13.7 Å². The van der Waals surface area contributed by atoms with E-state index in [2.05, 4.69) is 20.8 Å². The summed E-state index contributed by atoms with van der Waals surface area (Å²) in [5, 5.41) is 0. The average Bonchev–Trinajstić information content (AvgIpc) is 2.53. The van der Waals surface area contributed by atoms with Crippen molar-refractivity contribution >= 4 is 11.9 Å². The van der Waals surface area contributed by atoms with Crippen LogP contribution in [-0.2, 0) is 14.3 Å². The van der Waals surface area contributed by atoms with Crippen LogP contribution in [0.5, 0.6) is 0 Å². The summed E-state index contributed by atoms with van der Waals surface area (Å²) in [6, 6.07) is 0.272.